The Morgan fingerprint density at radius 3 is 2.43 bits per heavy atom. The Labute approximate surface area is 161 Å². The van der Waals surface area contributed by atoms with Crippen LogP contribution in [0.1, 0.15) is 10.4 Å². The van der Waals surface area contributed by atoms with Crippen molar-refractivity contribution < 1.29 is 19.8 Å². The highest BCUT2D eigenvalue weighted by molar-refractivity contribution is 5.92. The summed E-state index contributed by atoms with van der Waals surface area (Å²) in [5.74, 6) is -1.77. The van der Waals surface area contributed by atoms with Crippen molar-refractivity contribution in [3.05, 3.63) is 54.4 Å². The summed E-state index contributed by atoms with van der Waals surface area (Å²) in [7, 11) is 0. The molecule has 2 N–H and O–H groups in total. The fourth-order valence-corrected chi connectivity index (χ4v) is 3.55. The van der Waals surface area contributed by atoms with E-state index in [2.05, 4.69) is 16.0 Å². The van der Waals surface area contributed by atoms with E-state index in [1.165, 1.54) is 0 Å². The molecule has 2 heterocycles. The second-order valence-corrected chi connectivity index (χ2v) is 6.80. The predicted molar refractivity (Wildman–Crippen MR) is 104 cm³/mol. The van der Waals surface area contributed by atoms with Gasteiger partial charge in [0.15, 0.2) is 0 Å². The van der Waals surface area contributed by atoms with Crippen LogP contribution in [0.3, 0.4) is 0 Å². The lowest BCUT2D eigenvalue weighted by atomic mass is 10.2. The number of hydrogen-bond donors (Lipinski definition) is 2. The Balaban J connectivity index is 1.57. The van der Waals surface area contributed by atoms with Crippen LogP contribution >= 0.6 is 0 Å². The lowest BCUT2D eigenvalue weighted by Gasteiger charge is -2.35. The van der Waals surface area contributed by atoms with E-state index in [9.17, 15) is 9.59 Å². The first-order valence-electron chi connectivity index (χ1n) is 9.01. The van der Waals surface area contributed by atoms with Gasteiger partial charge in [-0.05, 0) is 36.4 Å². The Hall–Kier alpha value is -3.39. The molecule has 1 saturated heterocycles. The van der Waals surface area contributed by atoms with Gasteiger partial charge in [-0.3, -0.25) is 14.3 Å². The highest BCUT2D eigenvalue weighted by atomic mass is 16.4. The molecule has 3 aromatic rings. The fourth-order valence-electron chi connectivity index (χ4n) is 3.55. The van der Waals surface area contributed by atoms with Gasteiger partial charge in [-0.2, -0.15) is 0 Å². The molecular weight excluding hydrogens is 360 g/mol. The molecule has 28 heavy (non-hydrogen) atoms. The minimum absolute atomic E-state index is 0.0766. The lowest BCUT2D eigenvalue weighted by Crippen LogP contribution is -2.48. The number of hydrogen-bond acceptors (Lipinski definition) is 5. The van der Waals surface area contributed by atoms with Gasteiger partial charge in [0.25, 0.3) is 0 Å². The average Bonchev–Trinajstić information content (AvgIpc) is 3.11. The van der Waals surface area contributed by atoms with Crippen molar-refractivity contribution >= 4 is 28.7 Å². The van der Waals surface area contributed by atoms with Gasteiger partial charge in [0.1, 0.15) is 6.33 Å². The number of aromatic carboxylic acids is 1. The normalized spacial score (nSPS) is 15.1. The summed E-state index contributed by atoms with van der Waals surface area (Å²) < 4.78 is 1.94. The Kier molecular flexibility index (Phi) is 4.70. The first-order chi connectivity index (χ1) is 13.5. The van der Waals surface area contributed by atoms with Gasteiger partial charge in [0.2, 0.25) is 0 Å². The number of carboxylic acids is 2. The Morgan fingerprint density at radius 2 is 1.71 bits per heavy atom. The molecule has 0 atom stereocenters. The monoisotopic (exact) mass is 380 g/mol. The molecule has 1 fully saturated rings. The number of fused-ring (bicyclic) bond motifs is 1. The van der Waals surface area contributed by atoms with E-state index in [0.717, 1.165) is 30.0 Å². The second kappa shape index (κ2) is 7.32. The molecule has 1 aromatic heterocycles. The molecule has 0 radical (unpaired) electrons. The molecule has 0 saturated carbocycles. The molecule has 144 valence electrons. The second-order valence-electron chi connectivity index (χ2n) is 6.80. The summed E-state index contributed by atoms with van der Waals surface area (Å²) >= 11 is 0. The molecular formula is C20H20N4O4. The quantitative estimate of drug-likeness (QED) is 0.698. The van der Waals surface area contributed by atoms with Crippen molar-refractivity contribution in [2.75, 3.05) is 37.6 Å². The summed E-state index contributed by atoms with van der Waals surface area (Å²) in [6.45, 7) is 3.03. The number of anilines is 1. The zero-order valence-corrected chi connectivity index (χ0v) is 15.2. The largest absolute Gasteiger partial charge is 0.480 e. The minimum Gasteiger partial charge on any atom is -0.480 e. The number of aromatic nitrogens is 2. The third-order valence-electron chi connectivity index (χ3n) is 5.00. The molecule has 8 heteroatoms. The van der Waals surface area contributed by atoms with Crippen LogP contribution in [0.15, 0.2) is 48.8 Å². The average molecular weight is 380 g/mol. The number of imidazole rings is 1. The van der Waals surface area contributed by atoms with Gasteiger partial charge in [0.05, 0.1) is 23.1 Å². The van der Waals surface area contributed by atoms with Crippen molar-refractivity contribution in [3.8, 4) is 5.69 Å². The summed E-state index contributed by atoms with van der Waals surface area (Å²) in [4.78, 5) is 30.5. The number of nitrogens with zero attached hydrogens (tertiary/aromatic N) is 4. The number of aliphatic carboxylic acids is 1. The molecule has 1 aliphatic heterocycles. The fraction of sp³-hybridized carbons (Fsp3) is 0.250. The first kappa shape index (κ1) is 18.0. The van der Waals surface area contributed by atoms with Gasteiger partial charge in [-0.1, -0.05) is 6.07 Å². The van der Waals surface area contributed by atoms with E-state index >= 15 is 0 Å². The van der Waals surface area contributed by atoms with E-state index in [0.29, 0.717) is 18.6 Å². The van der Waals surface area contributed by atoms with E-state index in [1.54, 1.807) is 24.5 Å². The number of rotatable bonds is 5. The maximum Gasteiger partial charge on any atom is 0.335 e. The molecule has 0 unspecified atom stereocenters. The maximum atomic E-state index is 11.1. The molecule has 8 nitrogen and oxygen atoms in total. The van der Waals surface area contributed by atoms with Gasteiger partial charge in [-0.15, -0.1) is 0 Å². The van der Waals surface area contributed by atoms with Crippen LogP contribution in [0.5, 0.6) is 0 Å². The lowest BCUT2D eigenvalue weighted by molar-refractivity contribution is -0.138. The van der Waals surface area contributed by atoms with Crippen molar-refractivity contribution in [1.29, 1.82) is 0 Å². The van der Waals surface area contributed by atoms with Crippen LogP contribution in [-0.2, 0) is 4.79 Å². The molecule has 0 amide bonds. The van der Waals surface area contributed by atoms with E-state index < -0.39 is 11.9 Å². The smallest absolute Gasteiger partial charge is 0.335 e. The van der Waals surface area contributed by atoms with Crippen LogP contribution in [0.25, 0.3) is 16.7 Å². The van der Waals surface area contributed by atoms with Crippen LogP contribution < -0.4 is 4.90 Å². The highest BCUT2D eigenvalue weighted by Crippen LogP contribution is 2.24. The predicted octanol–water partition coefficient (Wildman–Crippen LogP) is 1.93. The Bertz CT molecular complexity index is 1040. The molecule has 4 rings (SSSR count). The third-order valence-corrected chi connectivity index (χ3v) is 5.00. The van der Waals surface area contributed by atoms with Crippen LogP contribution in [0.4, 0.5) is 5.69 Å². The van der Waals surface area contributed by atoms with Gasteiger partial charge in [-0.25, -0.2) is 9.78 Å². The van der Waals surface area contributed by atoms with Gasteiger partial charge < -0.3 is 15.1 Å². The summed E-state index contributed by atoms with van der Waals surface area (Å²) in [5, 5.41) is 18.1. The van der Waals surface area contributed by atoms with Crippen LogP contribution in [0, 0.1) is 0 Å². The third kappa shape index (κ3) is 3.54. The zero-order chi connectivity index (χ0) is 19.7. The molecule has 2 aromatic carbocycles. The summed E-state index contributed by atoms with van der Waals surface area (Å²) in [6, 6.07) is 13.0. The standard InChI is InChI=1S/C20H20N4O4/c25-19(26)12-22-6-8-23(9-7-22)15-2-1-3-16(11-15)24-13-21-17-10-14(20(27)28)4-5-18(17)24/h1-5,10-11,13H,6-9,12H2,(H,25,26)(H,27,28). The van der Waals surface area contributed by atoms with Crippen molar-refractivity contribution in [3.63, 3.8) is 0 Å². The Morgan fingerprint density at radius 1 is 0.964 bits per heavy atom. The number of benzene rings is 2. The highest BCUT2D eigenvalue weighted by Gasteiger charge is 2.19. The number of carbonyl (C=O) groups is 2. The SMILES string of the molecule is O=C(O)CN1CCN(c2cccc(-n3cnc4cc(C(=O)O)ccc43)c2)CC1. The van der Waals surface area contributed by atoms with E-state index in [4.69, 9.17) is 10.2 Å². The molecule has 0 aliphatic carbocycles. The zero-order valence-electron chi connectivity index (χ0n) is 15.2. The van der Waals surface area contributed by atoms with Gasteiger partial charge >= 0.3 is 11.9 Å². The topological polar surface area (TPSA) is 98.9 Å². The number of piperazine rings is 1. The molecule has 0 spiro atoms. The first-order valence-corrected chi connectivity index (χ1v) is 9.01. The van der Waals surface area contributed by atoms with Crippen LogP contribution in [0.2, 0.25) is 0 Å². The van der Waals surface area contributed by atoms with Crippen molar-refractivity contribution in [1.82, 2.24) is 14.5 Å². The summed E-state index contributed by atoms with van der Waals surface area (Å²) in [6.07, 6.45) is 1.69. The van der Waals surface area contributed by atoms with Crippen LogP contribution in [-0.4, -0.2) is 69.3 Å². The summed E-state index contributed by atoms with van der Waals surface area (Å²) in [5.41, 5.74) is 3.69. The van der Waals surface area contributed by atoms with E-state index in [1.807, 2.05) is 27.7 Å². The molecule has 0 bridgehead atoms. The van der Waals surface area contributed by atoms with Crippen molar-refractivity contribution in [2.24, 2.45) is 0 Å². The van der Waals surface area contributed by atoms with Gasteiger partial charge in [0, 0.05) is 37.6 Å². The minimum atomic E-state index is -0.972. The maximum absolute atomic E-state index is 11.1. The molecule has 1 aliphatic rings. The van der Waals surface area contributed by atoms with E-state index in [-0.39, 0.29) is 12.1 Å². The number of carboxylic acid groups (broad SMARTS) is 2. The van der Waals surface area contributed by atoms with Crippen molar-refractivity contribution in [2.45, 2.75) is 0 Å².